The highest BCUT2D eigenvalue weighted by Gasteiger charge is 2.30. The second-order valence-corrected chi connectivity index (χ2v) is 11.7. The van der Waals surface area contributed by atoms with Gasteiger partial charge in [0.1, 0.15) is 16.7 Å². The van der Waals surface area contributed by atoms with Crippen molar-refractivity contribution in [1.29, 1.82) is 0 Å². The predicted molar refractivity (Wildman–Crippen MR) is 124 cm³/mol. The number of carbonyl (C=O) groups is 3. The highest BCUT2D eigenvalue weighted by atomic mass is 32.2. The normalized spacial score (nSPS) is 15.8. The molecule has 3 atom stereocenters. The van der Waals surface area contributed by atoms with Gasteiger partial charge in [-0.3, -0.25) is 15.0 Å². The Morgan fingerprint density at radius 3 is 2.00 bits per heavy atom. The van der Waals surface area contributed by atoms with Gasteiger partial charge in [-0.05, 0) is 52.0 Å². The number of carbonyl (C=O) groups excluding carboxylic acids is 3. The molecule has 0 fully saturated rings. The van der Waals surface area contributed by atoms with Gasteiger partial charge in [0.2, 0.25) is 5.91 Å². The zero-order valence-corrected chi connectivity index (χ0v) is 21.4. The van der Waals surface area contributed by atoms with E-state index in [0.29, 0.717) is 6.42 Å². The molecule has 0 aromatic rings. The second kappa shape index (κ2) is 12.2. The molecule has 0 heterocycles. The lowest BCUT2D eigenvalue weighted by atomic mass is 9.90. The van der Waals surface area contributed by atoms with Crippen molar-refractivity contribution >= 4 is 27.6 Å². The quantitative estimate of drug-likeness (QED) is 0.328. The average molecular weight is 477 g/mol. The van der Waals surface area contributed by atoms with Crippen LogP contribution < -0.4 is 21.9 Å². The Bertz CT molecular complexity index is 800. The molecule has 0 aliphatic heterocycles. The Hall–Kier alpha value is -2.14. The van der Waals surface area contributed by atoms with Crippen molar-refractivity contribution in [3.05, 3.63) is 11.1 Å². The minimum atomic E-state index is -3.63. The Morgan fingerprint density at radius 1 is 1.06 bits per heavy atom. The van der Waals surface area contributed by atoms with Crippen LogP contribution in [0.3, 0.4) is 0 Å². The summed E-state index contributed by atoms with van der Waals surface area (Å²) in [6, 6.07) is -1.74. The van der Waals surface area contributed by atoms with Crippen LogP contribution in [-0.2, 0) is 24.2 Å². The molecule has 0 radical (unpaired) electrons. The van der Waals surface area contributed by atoms with Gasteiger partial charge in [-0.1, -0.05) is 27.7 Å². The van der Waals surface area contributed by atoms with Gasteiger partial charge in [-0.2, -0.15) is 0 Å². The van der Waals surface area contributed by atoms with Crippen LogP contribution in [-0.4, -0.2) is 50.1 Å². The summed E-state index contributed by atoms with van der Waals surface area (Å²) < 4.78 is 28.5. The Kier molecular flexibility index (Phi) is 11.4. The van der Waals surface area contributed by atoms with Crippen LogP contribution >= 0.6 is 0 Å². The molecule has 0 unspecified atom stereocenters. The third-order valence-corrected chi connectivity index (χ3v) is 5.34. The van der Waals surface area contributed by atoms with Crippen LogP contribution in [0.5, 0.6) is 0 Å². The molecule has 0 rings (SSSR count). The van der Waals surface area contributed by atoms with Gasteiger partial charge in [-0.25, -0.2) is 18.6 Å². The van der Waals surface area contributed by atoms with Gasteiger partial charge in [-0.15, -0.1) is 0 Å². The first kappa shape index (κ1) is 29.9. The van der Waals surface area contributed by atoms with Crippen LogP contribution in [0.25, 0.3) is 0 Å². The van der Waals surface area contributed by atoms with Crippen LogP contribution in [0.1, 0.15) is 61.8 Å². The second-order valence-electron chi connectivity index (χ2n) is 9.70. The number of nitrogens with two attached hydrogens (primary N) is 1. The van der Waals surface area contributed by atoms with E-state index in [1.807, 2.05) is 13.8 Å². The molecule has 0 aromatic carbocycles. The van der Waals surface area contributed by atoms with Gasteiger partial charge >= 0.3 is 6.09 Å². The lowest BCUT2D eigenvalue weighted by Gasteiger charge is -2.26. The molecule has 5 N–H and O–H groups in total. The van der Waals surface area contributed by atoms with E-state index in [-0.39, 0.29) is 22.6 Å². The average Bonchev–Trinajstić information content (AvgIpc) is 2.57. The van der Waals surface area contributed by atoms with E-state index in [0.717, 1.165) is 6.26 Å². The summed E-state index contributed by atoms with van der Waals surface area (Å²) in [6.07, 6.45) is 1.85. The first-order valence-electron chi connectivity index (χ1n) is 10.6. The molecule has 0 saturated carbocycles. The molecule has 186 valence electrons. The highest BCUT2D eigenvalue weighted by molar-refractivity contribution is 7.94. The topological polar surface area (TPSA) is 157 Å². The van der Waals surface area contributed by atoms with Crippen LogP contribution in [0.2, 0.25) is 0 Å². The summed E-state index contributed by atoms with van der Waals surface area (Å²) in [5.41, 5.74) is 9.92. The maximum absolute atomic E-state index is 13.0. The molecule has 0 bridgehead atoms. The predicted octanol–water partition coefficient (Wildman–Crippen LogP) is 1.62. The van der Waals surface area contributed by atoms with Gasteiger partial charge in [0.25, 0.3) is 0 Å². The Balaban J connectivity index is 5.35. The van der Waals surface area contributed by atoms with E-state index in [2.05, 4.69) is 16.2 Å². The monoisotopic (exact) mass is 476 g/mol. The SMILES string of the molecule is CC(C)C[C@@H](C=C(N)S(C)(=O)=O)C(=O)[C@H](C)NC(=O)[C@@H](NNC(=O)OC(C)(C)C)C(C)C. The number of allylic oxidation sites excluding steroid dienone is 1. The van der Waals surface area contributed by atoms with E-state index in [1.165, 1.54) is 13.0 Å². The summed E-state index contributed by atoms with van der Waals surface area (Å²) >= 11 is 0. The summed E-state index contributed by atoms with van der Waals surface area (Å²) in [5.74, 6) is -1.76. The maximum Gasteiger partial charge on any atom is 0.422 e. The lowest BCUT2D eigenvalue weighted by molar-refractivity contribution is -0.130. The van der Waals surface area contributed by atoms with Crippen molar-refractivity contribution in [2.24, 2.45) is 23.5 Å². The van der Waals surface area contributed by atoms with Crippen molar-refractivity contribution in [2.75, 3.05) is 6.26 Å². The number of nitrogens with one attached hydrogen (secondary N) is 3. The fourth-order valence-electron chi connectivity index (χ4n) is 2.77. The minimum Gasteiger partial charge on any atom is -0.443 e. The molecule has 0 spiro atoms. The summed E-state index contributed by atoms with van der Waals surface area (Å²) in [7, 11) is -3.63. The summed E-state index contributed by atoms with van der Waals surface area (Å²) in [6.45, 7) is 14.0. The molecule has 11 heteroatoms. The number of Topliss-reactive ketones (excluding diaryl/α,β-unsaturated/α-hetero) is 1. The van der Waals surface area contributed by atoms with Gasteiger partial charge in [0.15, 0.2) is 15.6 Å². The lowest BCUT2D eigenvalue weighted by Crippen LogP contribution is -2.57. The third-order valence-electron chi connectivity index (χ3n) is 4.35. The van der Waals surface area contributed by atoms with Crippen molar-refractivity contribution < 1.29 is 27.5 Å². The number of ketones is 1. The fourth-order valence-corrected chi connectivity index (χ4v) is 3.18. The first-order chi connectivity index (χ1) is 14.3. The molecule has 0 aliphatic carbocycles. The van der Waals surface area contributed by atoms with Gasteiger partial charge < -0.3 is 15.8 Å². The molecule has 32 heavy (non-hydrogen) atoms. The molecule has 2 amide bonds. The number of amides is 2. The molecular formula is C21H40N4O6S. The number of hydrazine groups is 1. The van der Waals surface area contributed by atoms with Crippen LogP contribution in [0, 0.1) is 17.8 Å². The maximum atomic E-state index is 13.0. The van der Waals surface area contributed by atoms with Crippen molar-refractivity contribution in [3.8, 4) is 0 Å². The van der Waals surface area contributed by atoms with E-state index in [4.69, 9.17) is 10.5 Å². The highest BCUT2D eigenvalue weighted by Crippen LogP contribution is 2.18. The Labute approximate surface area is 192 Å². The van der Waals surface area contributed by atoms with Gasteiger partial charge in [0, 0.05) is 12.2 Å². The fraction of sp³-hybridized carbons (Fsp3) is 0.762. The number of hydrogen-bond donors (Lipinski definition) is 4. The van der Waals surface area contributed by atoms with Crippen LogP contribution in [0.15, 0.2) is 11.1 Å². The first-order valence-corrected chi connectivity index (χ1v) is 12.5. The largest absolute Gasteiger partial charge is 0.443 e. The van der Waals surface area contributed by atoms with Crippen molar-refractivity contribution in [1.82, 2.24) is 16.2 Å². The summed E-state index contributed by atoms with van der Waals surface area (Å²) in [4.78, 5) is 37.6. The molecule has 0 aromatic heterocycles. The molecular weight excluding hydrogens is 436 g/mol. The molecule has 0 aliphatic rings. The van der Waals surface area contributed by atoms with Gasteiger partial charge in [0.05, 0.1) is 6.04 Å². The third kappa shape index (κ3) is 11.5. The van der Waals surface area contributed by atoms with Crippen molar-refractivity contribution in [2.45, 2.75) is 79.5 Å². The smallest absolute Gasteiger partial charge is 0.422 e. The van der Waals surface area contributed by atoms with E-state index in [9.17, 15) is 22.8 Å². The minimum absolute atomic E-state index is 0.0959. The number of ether oxygens (including phenoxy) is 1. The standard InChI is InChI=1S/C21H40N4O6S/c1-12(2)10-15(11-16(22)32(9,29)30)18(26)14(5)23-19(27)17(13(3)4)24-25-20(28)31-21(6,7)8/h11-15,17,24H,10,22H2,1-9H3,(H,23,27)(H,25,28)/t14-,15-,17-/m0/s1. The Morgan fingerprint density at radius 2 is 1.59 bits per heavy atom. The van der Waals surface area contributed by atoms with E-state index >= 15 is 0 Å². The van der Waals surface area contributed by atoms with Crippen molar-refractivity contribution in [3.63, 3.8) is 0 Å². The molecule has 0 saturated heterocycles. The zero-order chi connectivity index (χ0) is 25.4. The number of sulfone groups is 1. The summed E-state index contributed by atoms with van der Waals surface area (Å²) in [5, 5.41) is 2.26. The number of hydrogen-bond acceptors (Lipinski definition) is 8. The van der Waals surface area contributed by atoms with E-state index < -0.39 is 45.4 Å². The molecule has 10 nitrogen and oxygen atoms in total. The zero-order valence-electron chi connectivity index (χ0n) is 20.6. The van der Waals surface area contributed by atoms with Crippen LogP contribution in [0.4, 0.5) is 4.79 Å². The van der Waals surface area contributed by atoms with E-state index in [1.54, 1.807) is 34.6 Å². The number of rotatable bonds is 11.